The lowest BCUT2D eigenvalue weighted by molar-refractivity contribution is -0.135. The van der Waals surface area contributed by atoms with Crippen molar-refractivity contribution < 1.29 is 9.59 Å². The average Bonchev–Trinajstić information content (AvgIpc) is 3.05. The number of fused-ring (bicyclic) bond motifs is 5. The third kappa shape index (κ3) is 2.47. The van der Waals surface area contributed by atoms with Gasteiger partial charge in [0.2, 0.25) is 0 Å². The van der Waals surface area contributed by atoms with Crippen LogP contribution < -0.4 is 0 Å². The number of nitriles is 1. The maximum atomic E-state index is 12.7. The first kappa shape index (κ1) is 18.0. The molecule has 0 heterocycles. The molecule has 0 aromatic rings. The summed E-state index contributed by atoms with van der Waals surface area (Å²) in [5.41, 5.74) is 1.26. The SMILES string of the molecule is C[C@]12C=CCC=C1CC[C@H]1[C@@H]3CC[C@H](C(=O)SCC#N)[C@@]3(C=O)CC[C@@H]12. The molecule has 0 aliphatic heterocycles. The highest BCUT2D eigenvalue weighted by molar-refractivity contribution is 8.13. The van der Waals surface area contributed by atoms with Crippen LogP contribution in [-0.4, -0.2) is 17.2 Å². The molecular weight excluding hydrogens is 342 g/mol. The van der Waals surface area contributed by atoms with Gasteiger partial charge in [0.15, 0.2) is 5.12 Å². The molecule has 6 atom stereocenters. The van der Waals surface area contributed by atoms with Gasteiger partial charge in [-0.1, -0.05) is 42.5 Å². The smallest absolute Gasteiger partial charge is 0.194 e. The molecule has 0 spiro atoms. The lowest BCUT2D eigenvalue weighted by atomic mass is 9.48. The molecule has 0 unspecified atom stereocenters. The first-order valence-corrected chi connectivity index (χ1v) is 10.9. The largest absolute Gasteiger partial charge is 0.303 e. The molecule has 4 aliphatic carbocycles. The third-order valence-electron chi connectivity index (χ3n) is 7.98. The molecule has 26 heavy (non-hydrogen) atoms. The predicted octanol–water partition coefficient (Wildman–Crippen LogP) is 4.69. The predicted molar refractivity (Wildman–Crippen MR) is 103 cm³/mol. The second-order valence-electron chi connectivity index (χ2n) is 8.73. The summed E-state index contributed by atoms with van der Waals surface area (Å²) in [6.07, 6.45) is 15.3. The van der Waals surface area contributed by atoms with E-state index in [4.69, 9.17) is 5.26 Å². The van der Waals surface area contributed by atoms with Crippen molar-refractivity contribution in [3.63, 3.8) is 0 Å². The molecule has 0 N–H and O–H groups in total. The minimum atomic E-state index is -0.476. The Hall–Kier alpha value is -1.34. The van der Waals surface area contributed by atoms with Gasteiger partial charge in [0.1, 0.15) is 6.29 Å². The summed E-state index contributed by atoms with van der Waals surface area (Å²) in [6, 6.07) is 2.05. The molecule has 3 fully saturated rings. The monoisotopic (exact) mass is 369 g/mol. The lowest BCUT2D eigenvalue weighted by Crippen LogP contribution is -2.51. The number of aldehydes is 1. The molecule has 0 radical (unpaired) electrons. The zero-order valence-corrected chi connectivity index (χ0v) is 16.3. The topological polar surface area (TPSA) is 57.9 Å². The first-order valence-electron chi connectivity index (χ1n) is 9.94. The van der Waals surface area contributed by atoms with Crippen molar-refractivity contribution in [3.8, 4) is 6.07 Å². The number of allylic oxidation sites excluding steroid dienone is 4. The average molecular weight is 370 g/mol. The van der Waals surface area contributed by atoms with Gasteiger partial charge in [-0.2, -0.15) is 5.26 Å². The summed E-state index contributed by atoms with van der Waals surface area (Å²) in [7, 11) is 0. The minimum absolute atomic E-state index is 0.0692. The molecular formula is C22H27NO2S. The Balaban J connectivity index is 1.63. The second kappa shape index (κ2) is 6.68. The van der Waals surface area contributed by atoms with Crippen molar-refractivity contribution in [2.45, 2.75) is 51.9 Å². The van der Waals surface area contributed by atoms with Crippen LogP contribution in [0.5, 0.6) is 0 Å². The van der Waals surface area contributed by atoms with Crippen molar-refractivity contribution in [1.82, 2.24) is 0 Å². The van der Waals surface area contributed by atoms with Crippen molar-refractivity contribution in [3.05, 3.63) is 23.8 Å². The fourth-order valence-corrected chi connectivity index (χ4v) is 7.58. The van der Waals surface area contributed by atoms with E-state index < -0.39 is 5.41 Å². The van der Waals surface area contributed by atoms with Gasteiger partial charge >= 0.3 is 0 Å². The van der Waals surface area contributed by atoms with Crippen LogP contribution in [0.3, 0.4) is 0 Å². The molecule has 0 amide bonds. The van der Waals surface area contributed by atoms with Crippen LogP contribution in [0.4, 0.5) is 0 Å². The molecule has 4 rings (SSSR count). The Kier molecular flexibility index (Phi) is 4.63. The van der Waals surface area contributed by atoms with Gasteiger partial charge in [-0.15, -0.1) is 0 Å². The summed E-state index contributed by atoms with van der Waals surface area (Å²) < 4.78 is 0. The van der Waals surface area contributed by atoms with Crippen LogP contribution >= 0.6 is 11.8 Å². The second-order valence-corrected chi connectivity index (χ2v) is 9.71. The Morgan fingerprint density at radius 3 is 2.96 bits per heavy atom. The molecule has 4 heteroatoms. The van der Waals surface area contributed by atoms with Crippen LogP contribution in [0.25, 0.3) is 0 Å². The number of thioether (sulfide) groups is 1. The molecule has 0 saturated heterocycles. The van der Waals surface area contributed by atoms with E-state index in [0.29, 0.717) is 17.8 Å². The fraction of sp³-hybridized carbons (Fsp3) is 0.682. The Bertz CT molecular complexity index is 720. The van der Waals surface area contributed by atoms with E-state index in [9.17, 15) is 9.59 Å². The van der Waals surface area contributed by atoms with E-state index in [2.05, 4.69) is 25.2 Å². The van der Waals surface area contributed by atoms with Gasteiger partial charge in [0.05, 0.1) is 11.8 Å². The summed E-state index contributed by atoms with van der Waals surface area (Å²) in [5.74, 6) is 1.48. The van der Waals surface area contributed by atoms with Crippen molar-refractivity contribution in [2.24, 2.45) is 34.5 Å². The highest BCUT2D eigenvalue weighted by Gasteiger charge is 2.61. The summed E-state index contributed by atoms with van der Waals surface area (Å²) >= 11 is 1.11. The number of nitrogens with zero attached hydrogens (tertiary/aromatic N) is 1. The van der Waals surface area contributed by atoms with Crippen LogP contribution in [0, 0.1) is 45.8 Å². The van der Waals surface area contributed by atoms with Crippen molar-refractivity contribution in [1.29, 1.82) is 5.26 Å². The number of rotatable bonds is 3. The van der Waals surface area contributed by atoms with Crippen LogP contribution in [0.1, 0.15) is 51.9 Å². The van der Waals surface area contributed by atoms with Gasteiger partial charge in [-0.25, -0.2) is 0 Å². The summed E-state index contributed by atoms with van der Waals surface area (Å²) in [6.45, 7) is 2.39. The highest BCUT2D eigenvalue weighted by Crippen LogP contribution is 2.65. The standard InChI is InChI=1S/C22H27NO2S/c1-21-10-3-2-4-15(21)5-6-16-17(21)9-11-22(14-24)18(16)7-8-19(22)20(25)26-13-12-23/h3-4,10,14,16-19H,2,5-9,11,13H2,1H3/t16-,17+,18+,19-,21+,22-/m1/s1. The van der Waals surface area contributed by atoms with E-state index in [1.54, 1.807) is 5.57 Å². The van der Waals surface area contributed by atoms with Gasteiger partial charge in [0.25, 0.3) is 0 Å². The quantitative estimate of drug-likeness (QED) is 0.535. The lowest BCUT2D eigenvalue weighted by Gasteiger charge is -2.56. The third-order valence-corrected chi connectivity index (χ3v) is 8.83. The molecule has 4 aliphatic rings. The molecule has 0 aromatic heterocycles. The summed E-state index contributed by atoms with van der Waals surface area (Å²) in [5, 5.41) is 8.87. The Morgan fingerprint density at radius 2 is 2.19 bits per heavy atom. The fourth-order valence-electron chi connectivity index (χ4n) is 6.84. The Morgan fingerprint density at radius 1 is 1.35 bits per heavy atom. The molecule has 138 valence electrons. The van der Waals surface area contributed by atoms with E-state index in [-0.39, 0.29) is 22.2 Å². The minimum Gasteiger partial charge on any atom is -0.303 e. The molecule has 3 nitrogen and oxygen atoms in total. The maximum Gasteiger partial charge on any atom is 0.194 e. The maximum absolute atomic E-state index is 12.7. The van der Waals surface area contributed by atoms with E-state index in [0.717, 1.165) is 63.0 Å². The summed E-state index contributed by atoms with van der Waals surface area (Å²) in [4.78, 5) is 25.0. The molecule has 0 bridgehead atoms. The Labute approximate surface area is 160 Å². The van der Waals surface area contributed by atoms with Crippen molar-refractivity contribution >= 4 is 23.2 Å². The number of hydrogen-bond donors (Lipinski definition) is 0. The van der Waals surface area contributed by atoms with Gasteiger partial charge < -0.3 is 4.79 Å². The van der Waals surface area contributed by atoms with E-state index in [1.807, 2.05) is 6.07 Å². The van der Waals surface area contributed by atoms with Crippen molar-refractivity contribution in [2.75, 3.05) is 5.75 Å². The molecule has 3 saturated carbocycles. The number of hydrogen-bond acceptors (Lipinski definition) is 4. The van der Waals surface area contributed by atoms with Crippen LogP contribution in [0.15, 0.2) is 23.8 Å². The van der Waals surface area contributed by atoms with Crippen LogP contribution in [-0.2, 0) is 9.59 Å². The zero-order valence-electron chi connectivity index (χ0n) is 15.4. The highest BCUT2D eigenvalue weighted by atomic mass is 32.2. The zero-order chi connectivity index (χ0) is 18.4. The van der Waals surface area contributed by atoms with Gasteiger partial charge in [-0.05, 0) is 62.7 Å². The van der Waals surface area contributed by atoms with E-state index in [1.165, 1.54) is 0 Å². The van der Waals surface area contributed by atoms with E-state index >= 15 is 0 Å². The van der Waals surface area contributed by atoms with Crippen LogP contribution in [0.2, 0.25) is 0 Å². The van der Waals surface area contributed by atoms with Gasteiger partial charge in [0, 0.05) is 16.7 Å². The van der Waals surface area contributed by atoms with Gasteiger partial charge in [-0.3, -0.25) is 4.79 Å². The normalized spacial score (nSPS) is 43.5. The number of carbonyl (C=O) groups is 2. The first-order chi connectivity index (χ1) is 12.6. The molecule has 0 aromatic carbocycles. The number of carbonyl (C=O) groups excluding carboxylic acids is 2.